The molecule has 4 heteroatoms. The number of hydrogen-bond acceptors (Lipinski definition) is 2. The second-order valence-electron chi connectivity index (χ2n) is 6.61. The maximum atomic E-state index is 13.0. The van der Waals surface area contributed by atoms with E-state index in [1.807, 2.05) is 69.3 Å². The molecule has 4 nitrogen and oxygen atoms in total. The highest BCUT2D eigenvalue weighted by molar-refractivity contribution is 6.04. The Labute approximate surface area is 149 Å². The molecule has 0 N–H and O–H groups in total. The molecule has 0 aromatic heterocycles. The van der Waals surface area contributed by atoms with Crippen molar-refractivity contribution in [2.75, 3.05) is 22.9 Å². The van der Waals surface area contributed by atoms with Crippen LogP contribution in [-0.4, -0.2) is 24.9 Å². The van der Waals surface area contributed by atoms with Crippen LogP contribution < -0.4 is 9.80 Å². The Bertz CT molecular complexity index is 786. The number of nitrogens with zero attached hydrogens (tertiary/aromatic N) is 2. The van der Waals surface area contributed by atoms with E-state index in [4.69, 9.17) is 0 Å². The van der Waals surface area contributed by atoms with Gasteiger partial charge in [0, 0.05) is 30.9 Å². The van der Waals surface area contributed by atoms with E-state index in [1.165, 1.54) is 0 Å². The quantitative estimate of drug-likeness (QED) is 0.854. The van der Waals surface area contributed by atoms with E-state index in [2.05, 4.69) is 0 Å². The van der Waals surface area contributed by atoms with Gasteiger partial charge >= 0.3 is 0 Å². The minimum atomic E-state index is -0.299. The SMILES string of the molecule is CCN(C(=O)C1CC(=O)N(c2cc(C)ccc2C)C1)c1ccccc1. The number of anilines is 2. The number of benzene rings is 2. The Hall–Kier alpha value is -2.62. The van der Waals surface area contributed by atoms with Crippen LogP contribution in [0.25, 0.3) is 0 Å². The van der Waals surface area contributed by atoms with Gasteiger partial charge in [0.05, 0.1) is 5.92 Å². The summed E-state index contributed by atoms with van der Waals surface area (Å²) in [6.45, 7) is 7.02. The molecule has 0 aliphatic carbocycles. The first kappa shape index (κ1) is 17.2. The fourth-order valence-electron chi connectivity index (χ4n) is 3.41. The molecule has 0 radical (unpaired) electrons. The van der Waals surface area contributed by atoms with Crippen LogP contribution in [0.15, 0.2) is 48.5 Å². The molecule has 3 rings (SSSR count). The second kappa shape index (κ2) is 7.09. The van der Waals surface area contributed by atoms with Crippen molar-refractivity contribution in [1.82, 2.24) is 0 Å². The number of hydrogen-bond donors (Lipinski definition) is 0. The van der Waals surface area contributed by atoms with Gasteiger partial charge in [0.25, 0.3) is 0 Å². The number of para-hydroxylation sites is 1. The van der Waals surface area contributed by atoms with Gasteiger partial charge in [-0.2, -0.15) is 0 Å². The smallest absolute Gasteiger partial charge is 0.232 e. The largest absolute Gasteiger partial charge is 0.312 e. The maximum Gasteiger partial charge on any atom is 0.232 e. The summed E-state index contributed by atoms with van der Waals surface area (Å²) in [5, 5.41) is 0. The van der Waals surface area contributed by atoms with Gasteiger partial charge in [0.1, 0.15) is 0 Å². The van der Waals surface area contributed by atoms with Gasteiger partial charge in [-0.05, 0) is 50.1 Å². The summed E-state index contributed by atoms with van der Waals surface area (Å²) in [5.41, 5.74) is 3.97. The summed E-state index contributed by atoms with van der Waals surface area (Å²) in [6.07, 6.45) is 0.273. The van der Waals surface area contributed by atoms with Crippen molar-refractivity contribution in [3.63, 3.8) is 0 Å². The molecular formula is C21H24N2O2. The Balaban J connectivity index is 1.82. The summed E-state index contributed by atoms with van der Waals surface area (Å²) in [5.74, 6) is -0.251. The molecule has 1 saturated heterocycles. The molecule has 130 valence electrons. The molecule has 1 aliphatic rings. The zero-order valence-electron chi connectivity index (χ0n) is 15.0. The normalized spacial score (nSPS) is 17.0. The fourth-order valence-corrected chi connectivity index (χ4v) is 3.41. The standard InChI is InChI=1S/C21H24N2O2/c1-4-22(18-8-6-5-7-9-18)21(25)17-13-20(24)23(14-17)19-12-15(2)10-11-16(19)3/h5-12,17H,4,13-14H2,1-3H3. The molecule has 2 amide bonds. The predicted octanol–water partition coefficient (Wildman–Crippen LogP) is 3.71. The van der Waals surface area contributed by atoms with Crippen molar-refractivity contribution in [2.45, 2.75) is 27.2 Å². The molecule has 0 saturated carbocycles. The average molecular weight is 336 g/mol. The fraction of sp³-hybridized carbons (Fsp3) is 0.333. The molecule has 1 heterocycles. The summed E-state index contributed by atoms with van der Waals surface area (Å²) < 4.78 is 0. The van der Waals surface area contributed by atoms with Crippen LogP contribution in [0, 0.1) is 19.8 Å². The van der Waals surface area contributed by atoms with Crippen LogP contribution in [-0.2, 0) is 9.59 Å². The van der Waals surface area contributed by atoms with Crippen molar-refractivity contribution in [3.8, 4) is 0 Å². The van der Waals surface area contributed by atoms with Gasteiger partial charge in [-0.15, -0.1) is 0 Å². The average Bonchev–Trinajstić information content (AvgIpc) is 3.00. The molecule has 0 spiro atoms. The molecule has 1 fully saturated rings. The Morgan fingerprint density at radius 2 is 1.88 bits per heavy atom. The van der Waals surface area contributed by atoms with Crippen molar-refractivity contribution < 1.29 is 9.59 Å². The molecule has 25 heavy (non-hydrogen) atoms. The van der Waals surface area contributed by atoms with E-state index in [0.29, 0.717) is 13.1 Å². The van der Waals surface area contributed by atoms with Crippen LogP contribution in [0.2, 0.25) is 0 Å². The van der Waals surface area contributed by atoms with E-state index in [1.54, 1.807) is 9.80 Å². The minimum absolute atomic E-state index is 0.0230. The van der Waals surface area contributed by atoms with Crippen molar-refractivity contribution >= 4 is 23.2 Å². The topological polar surface area (TPSA) is 40.6 Å². The van der Waals surface area contributed by atoms with E-state index in [0.717, 1.165) is 22.5 Å². The first-order valence-corrected chi connectivity index (χ1v) is 8.75. The summed E-state index contributed by atoms with van der Waals surface area (Å²) in [4.78, 5) is 29.1. The number of rotatable bonds is 4. The lowest BCUT2D eigenvalue weighted by atomic mass is 10.1. The van der Waals surface area contributed by atoms with Gasteiger partial charge in [0.2, 0.25) is 11.8 Å². The Morgan fingerprint density at radius 1 is 1.16 bits per heavy atom. The number of carbonyl (C=O) groups is 2. The zero-order valence-corrected chi connectivity index (χ0v) is 15.0. The van der Waals surface area contributed by atoms with E-state index in [9.17, 15) is 9.59 Å². The van der Waals surface area contributed by atoms with Crippen molar-refractivity contribution in [1.29, 1.82) is 0 Å². The lowest BCUT2D eigenvalue weighted by Gasteiger charge is -2.25. The highest BCUT2D eigenvalue weighted by Crippen LogP contribution is 2.30. The van der Waals surface area contributed by atoms with Gasteiger partial charge in [-0.3, -0.25) is 9.59 Å². The van der Waals surface area contributed by atoms with Crippen molar-refractivity contribution in [2.24, 2.45) is 5.92 Å². The Morgan fingerprint density at radius 3 is 2.56 bits per heavy atom. The van der Waals surface area contributed by atoms with Crippen LogP contribution in [0.5, 0.6) is 0 Å². The third-order valence-electron chi connectivity index (χ3n) is 4.78. The van der Waals surface area contributed by atoms with Crippen molar-refractivity contribution in [3.05, 3.63) is 59.7 Å². The molecule has 2 aromatic carbocycles. The summed E-state index contributed by atoms with van der Waals surface area (Å²) in [7, 11) is 0. The first-order chi connectivity index (χ1) is 12.0. The zero-order chi connectivity index (χ0) is 18.0. The minimum Gasteiger partial charge on any atom is -0.312 e. The third kappa shape index (κ3) is 3.43. The van der Waals surface area contributed by atoms with Crippen LogP contribution in [0.1, 0.15) is 24.5 Å². The number of amides is 2. The monoisotopic (exact) mass is 336 g/mol. The van der Waals surface area contributed by atoms with Gasteiger partial charge < -0.3 is 9.80 Å². The van der Waals surface area contributed by atoms with Gasteiger partial charge in [0.15, 0.2) is 0 Å². The van der Waals surface area contributed by atoms with E-state index >= 15 is 0 Å². The highest BCUT2D eigenvalue weighted by Gasteiger charge is 2.37. The summed E-state index contributed by atoms with van der Waals surface area (Å²) >= 11 is 0. The van der Waals surface area contributed by atoms with E-state index < -0.39 is 0 Å². The summed E-state index contributed by atoms with van der Waals surface area (Å²) in [6, 6.07) is 15.7. The molecular weight excluding hydrogens is 312 g/mol. The number of aryl methyl sites for hydroxylation is 2. The lowest BCUT2D eigenvalue weighted by molar-refractivity contribution is -0.124. The van der Waals surface area contributed by atoms with Gasteiger partial charge in [-0.25, -0.2) is 0 Å². The molecule has 2 aromatic rings. The predicted molar refractivity (Wildman–Crippen MR) is 101 cm³/mol. The van der Waals surface area contributed by atoms with Crippen LogP contribution >= 0.6 is 0 Å². The number of carbonyl (C=O) groups excluding carboxylic acids is 2. The second-order valence-corrected chi connectivity index (χ2v) is 6.61. The first-order valence-electron chi connectivity index (χ1n) is 8.75. The Kier molecular flexibility index (Phi) is 4.88. The van der Waals surface area contributed by atoms with Gasteiger partial charge in [-0.1, -0.05) is 30.3 Å². The molecule has 1 aliphatic heterocycles. The molecule has 1 atom stereocenters. The van der Waals surface area contributed by atoms with Crippen LogP contribution in [0.4, 0.5) is 11.4 Å². The van der Waals surface area contributed by atoms with E-state index in [-0.39, 0.29) is 24.2 Å². The highest BCUT2D eigenvalue weighted by atomic mass is 16.2. The maximum absolute atomic E-state index is 13.0. The third-order valence-corrected chi connectivity index (χ3v) is 4.78. The molecule has 0 bridgehead atoms. The molecule has 1 unspecified atom stereocenters. The lowest BCUT2D eigenvalue weighted by Crippen LogP contribution is -2.37. The van der Waals surface area contributed by atoms with Crippen LogP contribution in [0.3, 0.4) is 0 Å².